The third kappa shape index (κ3) is 2.38. The van der Waals surface area contributed by atoms with Gasteiger partial charge in [-0.2, -0.15) is 0 Å². The van der Waals surface area contributed by atoms with Gasteiger partial charge in [-0.25, -0.2) is 9.18 Å². The van der Waals surface area contributed by atoms with Crippen LogP contribution in [0, 0.1) is 5.82 Å². The fourth-order valence-electron chi connectivity index (χ4n) is 2.19. The average Bonchev–Trinajstić information content (AvgIpc) is 3.18. The van der Waals surface area contributed by atoms with E-state index in [1.807, 2.05) is 0 Å². The maximum absolute atomic E-state index is 14.0. The van der Waals surface area contributed by atoms with Gasteiger partial charge in [0, 0.05) is 29.6 Å². The quantitative estimate of drug-likeness (QED) is 0.874. The highest BCUT2D eigenvalue weighted by Gasteiger charge is 2.25. The largest absolute Gasteiger partial charge is 0.389 e. The van der Waals surface area contributed by atoms with Crippen molar-refractivity contribution in [2.45, 2.75) is 25.4 Å². The van der Waals surface area contributed by atoms with Crippen LogP contribution in [0.15, 0.2) is 35.4 Å². The summed E-state index contributed by atoms with van der Waals surface area (Å²) in [7, 11) is 0. The summed E-state index contributed by atoms with van der Waals surface area (Å²) in [6, 6.07) is 4.92. The number of aromatic nitrogens is 2. The first kappa shape index (κ1) is 13.1. The molecule has 0 aliphatic heterocycles. The SMILES string of the molecule is NC(=S)c1ccc(Cn2ccn(C3CC3)c2=O)c(F)c1. The molecular weight excluding hydrogens is 277 g/mol. The number of imidazole rings is 1. The minimum absolute atomic E-state index is 0.0923. The molecule has 2 aromatic rings. The lowest BCUT2D eigenvalue weighted by Crippen LogP contribution is -2.24. The Morgan fingerprint density at radius 2 is 2.15 bits per heavy atom. The van der Waals surface area contributed by atoms with E-state index in [0.29, 0.717) is 17.2 Å². The van der Waals surface area contributed by atoms with Gasteiger partial charge < -0.3 is 5.73 Å². The first-order valence-electron chi connectivity index (χ1n) is 6.42. The Hall–Kier alpha value is -1.95. The molecule has 3 rings (SSSR count). The van der Waals surface area contributed by atoms with Crippen LogP contribution in [-0.4, -0.2) is 14.1 Å². The lowest BCUT2D eigenvalue weighted by molar-refractivity contribution is 0.589. The van der Waals surface area contributed by atoms with Gasteiger partial charge in [0.2, 0.25) is 0 Å². The first-order chi connectivity index (χ1) is 9.56. The minimum Gasteiger partial charge on any atom is -0.389 e. The van der Waals surface area contributed by atoms with Gasteiger partial charge in [-0.3, -0.25) is 9.13 Å². The summed E-state index contributed by atoms with van der Waals surface area (Å²) >= 11 is 4.81. The fraction of sp³-hybridized carbons (Fsp3) is 0.286. The van der Waals surface area contributed by atoms with Crippen molar-refractivity contribution in [3.63, 3.8) is 0 Å². The molecule has 0 saturated heterocycles. The van der Waals surface area contributed by atoms with Crippen LogP contribution in [0.3, 0.4) is 0 Å². The molecule has 20 heavy (non-hydrogen) atoms. The second-order valence-electron chi connectivity index (χ2n) is 5.02. The Labute approximate surface area is 120 Å². The molecule has 2 N–H and O–H groups in total. The maximum Gasteiger partial charge on any atom is 0.328 e. The maximum atomic E-state index is 14.0. The number of nitrogens with zero attached hydrogens (tertiary/aromatic N) is 2. The van der Waals surface area contributed by atoms with Crippen molar-refractivity contribution >= 4 is 17.2 Å². The summed E-state index contributed by atoms with van der Waals surface area (Å²) in [6.07, 6.45) is 5.55. The number of benzene rings is 1. The van der Waals surface area contributed by atoms with Crippen molar-refractivity contribution in [1.82, 2.24) is 9.13 Å². The van der Waals surface area contributed by atoms with Gasteiger partial charge in [0.25, 0.3) is 0 Å². The number of thiocarbonyl (C=S) groups is 1. The number of hydrogen-bond acceptors (Lipinski definition) is 2. The topological polar surface area (TPSA) is 52.9 Å². The van der Waals surface area contributed by atoms with Crippen LogP contribution in [0.25, 0.3) is 0 Å². The van der Waals surface area contributed by atoms with Crippen molar-refractivity contribution in [2.24, 2.45) is 5.73 Å². The lowest BCUT2D eigenvalue weighted by atomic mass is 10.1. The van der Waals surface area contributed by atoms with Crippen LogP contribution in [0.1, 0.15) is 30.0 Å². The van der Waals surface area contributed by atoms with E-state index < -0.39 is 5.82 Å². The molecule has 0 amide bonds. The Balaban J connectivity index is 1.87. The van der Waals surface area contributed by atoms with E-state index >= 15 is 0 Å². The van der Waals surface area contributed by atoms with Gasteiger partial charge in [-0.05, 0) is 18.9 Å². The Bertz CT molecular complexity index is 730. The number of halogens is 1. The summed E-state index contributed by atoms with van der Waals surface area (Å²) in [5.41, 5.74) is 6.30. The van der Waals surface area contributed by atoms with Gasteiger partial charge in [0.1, 0.15) is 10.8 Å². The Kier molecular flexibility index (Phi) is 3.17. The Morgan fingerprint density at radius 1 is 1.40 bits per heavy atom. The predicted octanol–water partition coefficient (Wildman–Crippen LogP) is 1.81. The average molecular weight is 291 g/mol. The summed E-state index contributed by atoms with van der Waals surface area (Å²) in [5.74, 6) is -0.402. The highest BCUT2D eigenvalue weighted by Crippen LogP contribution is 2.33. The van der Waals surface area contributed by atoms with Crippen LogP contribution < -0.4 is 11.4 Å². The standard InChI is InChI=1S/C14H14FN3OS/c15-12-7-9(13(16)20)1-2-10(12)8-17-5-6-18(14(17)19)11-3-4-11/h1-2,5-7,11H,3-4,8H2,(H2,16,20). The molecular formula is C14H14FN3OS. The molecule has 1 saturated carbocycles. The molecule has 0 bridgehead atoms. The summed E-state index contributed by atoms with van der Waals surface area (Å²) < 4.78 is 17.2. The zero-order chi connectivity index (χ0) is 14.3. The number of nitrogens with two attached hydrogens (primary N) is 1. The van der Waals surface area contributed by atoms with Crippen LogP contribution in [0.5, 0.6) is 0 Å². The molecule has 0 spiro atoms. The van der Waals surface area contributed by atoms with Gasteiger partial charge >= 0.3 is 5.69 Å². The Morgan fingerprint density at radius 3 is 2.75 bits per heavy atom. The molecule has 1 aliphatic carbocycles. The normalized spacial score (nSPS) is 14.4. The summed E-state index contributed by atoms with van der Waals surface area (Å²) in [6.45, 7) is 0.210. The third-order valence-corrected chi connectivity index (χ3v) is 3.73. The predicted molar refractivity (Wildman–Crippen MR) is 78.4 cm³/mol. The number of hydrogen-bond donors (Lipinski definition) is 1. The smallest absolute Gasteiger partial charge is 0.328 e. The lowest BCUT2D eigenvalue weighted by Gasteiger charge is -2.06. The molecule has 0 radical (unpaired) electrons. The zero-order valence-corrected chi connectivity index (χ0v) is 11.6. The minimum atomic E-state index is -0.402. The van der Waals surface area contributed by atoms with Crippen LogP contribution in [0.4, 0.5) is 4.39 Å². The van der Waals surface area contributed by atoms with Gasteiger partial charge in [-0.1, -0.05) is 24.4 Å². The van der Waals surface area contributed by atoms with Crippen LogP contribution >= 0.6 is 12.2 Å². The molecule has 4 nitrogen and oxygen atoms in total. The molecule has 104 valence electrons. The van der Waals surface area contributed by atoms with Crippen molar-refractivity contribution in [2.75, 3.05) is 0 Å². The van der Waals surface area contributed by atoms with Crippen LogP contribution in [-0.2, 0) is 6.54 Å². The molecule has 0 atom stereocenters. The van der Waals surface area contributed by atoms with E-state index in [-0.39, 0.29) is 17.2 Å². The summed E-state index contributed by atoms with van der Waals surface area (Å²) in [5, 5.41) is 0. The van der Waals surface area contributed by atoms with Gasteiger partial charge in [-0.15, -0.1) is 0 Å². The van der Waals surface area contributed by atoms with E-state index in [4.69, 9.17) is 18.0 Å². The molecule has 1 aromatic heterocycles. The molecule has 0 unspecified atom stereocenters. The molecule has 1 heterocycles. The molecule has 1 aliphatic rings. The molecule has 1 aromatic carbocycles. The number of rotatable bonds is 4. The zero-order valence-electron chi connectivity index (χ0n) is 10.8. The van der Waals surface area contributed by atoms with Crippen LogP contribution in [0.2, 0.25) is 0 Å². The van der Waals surface area contributed by atoms with E-state index in [2.05, 4.69) is 0 Å². The third-order valence-electron chi connectivity index (χ3n) is 3.49. The van der Waals surface area contributed by atoms with Crippen molar-refractivity contribution in [3.8, 4) is 0 Å². The van der Waals surface area contributed by atoms with Gasteiger partial charge in [0.05, 0.1) is 6.54 Å². The van der Waals surface area contributed by atoms with E-state index in [1.165, 1.54) is 10.6 Å². The van der Waals surface area contributed by atoms with E-state index in [1.54, 1.807) is 29.1 Å². The van der Waals surface area contributed by atoms with Crippen molar-refractivity contribution in [1.29, 1.82) is 0 Å². The van der Waals surface area contributed by atoms with Crippen molar-refractivity contribution in [3.05, 3.63) is 58.0 Å². The highest BCUT2D eigenvalue weighted by molar-refractivity contribution is 7.80. The monoisotopic (exact) mass is 291 g/mol. The summed E-state index contributed by atoms with van der Waals surface area (Å²) in [4.78, 5) is 12.3. The van der Waals surface area contributed by atoms with Crippen molar-refractivity contribution < 1.29 is 4.39 Å². The highest BCUT2D eigenvalue weighted by atomic mass is 32.1. The molecule has 6 heteroatoms. The fourth-order valence-corrected chi connectivity index (χ4v) is 2.32. The second-order valence-corrected chi connectivity index (χ2v) is 5.46. The molecule has 1 fully saturated rings. The first-order valence-corrected chi connectivity index (χ1v) is 6.82. The van der Waals surface area contributed by atoms with Gasteiger partial charge in [0.15, 0.2) is 0 Å². The van der Waals surface area contributed by atoms with E-state index in [0.717, 1.165) is 12.8 Å². The second kappa shape index (κ2) is 4.86. The van der Waals surface area contributed by atoms with E-state index in [9.17, 15) is 9.18 Å².